The molecule has 1 aromatic carbocycles. The fourth-order valence-electron chi connectivity index (χ4n) is 6.29. The normalized spacial score (nSPS) is 29.6. The number of hydrogen-bond donors (Lipinski definition) is 0. The predicted molar refractivity (Wildman–Crippen MR) is 144 cm³/mol. The molecule has 0 spiro atoms. The summed E-state index contributed by atoms with van der Waals surface area (Å²) in [5, 5.41) is 0.243. The van der Waals surface area contributed by atoms with Gasteiger partial charge in [-0.15, -0.1) is 0 Å². The monoisotopic (exact) mass is 484 g/mol. The first kappa shape index (κ1) is 27.2. The lowest BCUT2D eigenvalue weighted by Crippen LogP contribution is -2.43. The molecule has 190 valence electrons. The standard InChI is InChI=1S/C30H48O3Si/c1-22(14-12-15-23(2)33-34(7,8)29(3,4)5)25-19-20-26-27(18-13-21-30(25,26)6)32-28(31)24-16-10-9-11-17-24/h9-12,14,16-17,22-23,25-27H,13,15,18-21H2,1-8H3/t22-,23+,25+,26-,27-,30+/m0/s1. The molecule has 0 heterocycles. The summed E-state index contributed by atoms with van der Waals surface area (Å²) in [4.78, 5) is 12.7. The zero-order chi connectivity index (χ0) is 25.1. The Morgan fingerprint density at radius 1 is 1.15 bits per heavy atom. The van der Waals surface area contributed by atoms with Gasteiger partial charge in [-0.2, -0.15) is 0 Å². The van der Waals surface area contributed by atoms with Crippen molar-refractivity contribution in [1.82, 2.24) is 0 Å². The van der Waals surface area contributed by atoms with Gasteiger partial charge in [0, 0.05) is 12.0 Å². The fraction of sp³-hybridized carbons (Fsp3) is 0.700. The SMILES string of the molecule is C[C@H](CC=C[C@H](C)[C@H]1CC[C@H]2[C@@H](OC(=O)c3ccccc3)CCC[C@]12C)O[Si](C)(C)C(C)(C)C. The van der Waals surface area contributed by atoms with E-state index < -0.39 is 8.32 Å². The van der Waals surface area contributed by atoms with E-state index >= 15 is 0 Å². The number of rotatable bonds is 8. The minimum atomic E-state index is -1.73. The van der Waals surface area contributed by atoms with Gasteiger partial charge in [-0.1, -0.05) is 65.0 Å². The summed E-state index contributed by atoms with van der Waals surface area (Å²) in [6, 6.07) is 9.44. The molecule has 0 aromatic heterocycles. The highest BCUT2D eigenvalue weighted by molar-refractivity contribution is 6.74. The Balaban J connectivity index is 1.59. The van der Waals surface area contributed by atoms with Gasteiger partial charge >= 0.3 is 5.97 Å². The van der Waals surface area contributed by atoms with E-state index in [-0.39, 0.29) is 28.6 Å². The van der Waals surface area contributed by atoms with Crippen molar-refractivity contribution in [1.29, 1.82) is 0 Å². The van der Waals surface area contributed by atoms with Crippen molar-refractivity contribution < 1.29 is 14.0 Å². The molecule has 1 aromatic rings. The molecule has 0 aliphatic heterocycles. The third kappa shape index (κ3) is 6.05. The van der Waals surface area contributed by atoms with E-state index in [9.17, 15) is 4.79 Å². The number of ether oxygens (including phenoxy) is 1. The van der Waals surface area contributed by atoms with Gasteiger partial charge in [-0.3, -0.25) is 0 Å². The molecule has 0 unspecified atom stereocenters. The Bertz CT molecular complexity index is 840. The number of benzene rings is 1. The van der Waals surface area contributed by atoms with Crippen LogP contribution in [0.2, 0.25) is 18.1 Å². The minimum absolute atomic E-state index is 0.0469. The zero-order valence-electron chi connectivity index (χ0n) is 22.9. The molecule has 2 saturated carbocycles. The van der Waals surface area contributed by atoms with Crippen LogP contribution < -0.4 is 0 Å². The molecular formula is C30H48O3Si. The molecule has 0 saturated heterocycles. The Kier molecular flexibility index (Phi) is 8.56. The molecule has 3 nitrogen and oxygen atoms in total. The van der Waals surface area contributed by atoms with E-state index in [0.717, 1.165) is 25.7 Å². The van der Waals surface area contributed by atoms with Crippen LogP contribution in [-0.4, -0.2) is 26.5 Å². The first-order valence-electron chi connectivity index (χ1n) is 13.5. The van der Waals surface area contributed by atoms with E-state index in [0.29, 0.717) is 23.3 Å². The van der Waals surface area contributed by atoms with Gasteiger partial charge in [0.15, 0.2) is 8.32 Å². The molecule has 0 amide bonds. The number of carbonyl (C=O) groups is 1. The molecule has 0 bridgehead atoms. The van der Waals surface area contributed by atoms with Gasteiger partial charge in [-0.05, 0) is 93.0 Å². The van der Waals surface area contributed by atoms with Crippen molar-refractivity contribution in [3.05, 3.63) is 48.0 Å². The third-order valence-electron chi connectivity index (χ3n) is 9.25. The van der Waals surface area contributed by atoms with Gasteiger partial charge in [0.1, 0.15) is 6.10 Å². The molecule has 34 heavy (non-hydrogen) atoms. The maximum absolute atomic E-state index is 12.7. The third-order valence-corrected chi connectivity index (χ3v) is 13.9. The van der Waals surface area contributed by atoms with Gasteiger partial charge in [0.2, 0.25) is 0 Å². The highest BCUT2D eigenvalue weighted by Crippen LogP contribution is 2.58. The van der Waals surface area contributed by atoms with Gasteiger partial charge < -0.3 is 9.16 Å². The molecule has 6 atom stereocenters. The summed E-state index contributed by atoms with van der Waals surface area (Å²) < 4.78 is 12.6. The van der Waals surface area contributed by atoms with Gasteiger partial charge in [0.25, 0.3) is 0 Å². The van der Waals surface area contributed by atoms with Crippen LogP contribution in [0.4, 0.5) is 0 Å². The lowest BCUT2D eigenvalue weighted by atomic mass is 9.62. The van der Waals surface area contributed by atoms with Crippen LogP contribution in [0.15, 0.2) is 42.5 Å². The molecule has 2 aliphatic rings. The van der Waals surface area contributed by atoms with Crippen LogP contribution in [0.25, 0.3) is 0 Å². The van der Waals surface area contributed by atoms with Crippen molar-refractivity contribution in [3.63, 3.8) is 0 Å². The maximum Gasteiger partial charge on any atom is 0.338 e. The Hall–Kier alpha value is -1.39. The van der Waals surface area contributed by atoms with E-state index in [1.165, 1.54) is 12.8 Å². The Labute approximate surface area is 209 Å². The Morgan fingerprint density at radius 3 is 2.47 bits per heavy atom. The van der Waals surface area contributed by atoms with Crippen LogP contribution in [0.5, 0.6) is 0 Å². The van der Waals surface area contributed by atoms with Crippen LogP contribution in [0, 0.1) is 23.2 Å². The number of hydrogen-bond acceptors (Lipinski definition) is 3. The zero-order valence-corrected chi connectivity index (χ0v) is 23.9. The minimum Gasteiger partial charge on any atom is -0.458 e. The van der Waals surface area contributed by atoms with E-state index in [2.05, 4.69) is 66.8 Å². The summed E-state index contributed by atoms with van der Waals surface area (Å²) in [6.45, 7) is 18.6. The number of carbonyl (C=O) groups excluding carboxylic acids is 1. The second kappa shape index (κ2) is 10.7. The first-order valence-corrected chi connectivity index (χ1v) is 16.4. The van der Waals surface area contributed by atoms with Crippen LogP contribution in [0.1, 0.15) is 90.4 Å². The average molecular weight is 485 g/mol. The number of allylic oxidation sites excluding steroid dienone is 1. The Morgan fingerprint density at radius 2 is 1.82 bits per heavy atom. The van der Waals surface area contributed by atoms with Crippen molar-refractivity contribution in [3.8, 4) is 0 Å². The van der Waals surface area contributed by atoms with Crippen LogP contribution in [0.3, 0.4) is 0 Å². The predicted octanol–water partition coefficient (Wildman–Crippen LogP) is 8.42. The number of esters is 1. The van der Waals surface area contributed by atoms with Crippen molar-refractivity contribution in [2.75, 3.05) is 0 Å². The quantitative estimate of drug-likeness (QED) is 0.211. The smallest absolute Gasteiger partial charge is 0.338 e. The largest absolute Gasteiger partial charge is 0.458 e. The number of fused-ring (bicyclic) bond motifs is 1. The first-order chi connectivity index (χ1) is 15.8. The molecule has 4 heteroatoms. The summed E-state index contributed by atoms with van der Waals surface area (Å²) >= 11 is 0. The topological polar surface area (TPSA) is 35.5 Å². The second-order valence-electron chi connectivity index (χ2n) is 12.7. The lowest BCUT2D eigenvalue weighted by molar-refractivity contribution is -0.0444. The van der Waals surface area contributed by atoms with Crippen molar-refractivity contribution >= 4 is 14.3 Å². The molecular weight excluding hydrogens is 436 g/mol. The molecule has 3 rings (SSSR count). The lowest BCUT2D eigenvalue weighted by Gasteiger charge is -2.45. The highest BCUT2D eigenvalue weighted by atomic mass is 28.4. The van der Waals surface area contributed by atoms with Crippen LogP contribution >= 0.6 is 0 Å². The summed E-state index contributed by atoms with van der Waals surface area (Å²) in [5.74, 6) is 1.47. The van der Waals surface area contributed by atoms with Crippen molar-refractivity contribution in [2.24, 2.45) is 23.2 Å². The highest BCUT2D eigenvalue weighted by Gasteiger charge is 2.53. The molecule has 0 N–H and O–H groups in total. The van der Waals surface area contributed by atoms with E-state index in [1.54, 1.807) is 0 Å². The van der Waals surface area contributed by atoms with Crippen molar-refractivity contribution in [2.45, 2.75) is 110 Å². The maximum atomic E-state index is 12.7. The van der Waals surface area contributed by atoms with E-state index in [1.807, 2.05) is 30.3 Å². The summed E-state index contributed by atoms with van der Waals surface area (Å²) in [5.41, 5.74) is 0.905. The van der Waals surface area contributed by atoms with Gasteiger partial charge in [-0.25, -0.2) is 4.79 Å². The molecule has 2 aliphatic carbocycles. The average Bonchev–Trinajstić information content (AvgIpc) is 3.11. The summed E-state index contributed by atoms with van der Waals surface area (Å²) in [7, 11) is -1.73. The van der Waals surface area contributed by atoms with E-state index in [4.69, 9.17) is 9.16 Å². The second-order valence-corrected chi connectivity index (χ2v) is 17.5. The van der Waals surface area contributed by atoms with Crippen LogP contribution in [-0.2, 0) is 9.16 Å². The molecule has 0 radical (unpaired) electrons. The fourth-order valence-corrected chi connectivity index (χ4v) is 7.75. The summed E-state index contributed by atoms with van der Waals surface area (Å²) in [6.07, 6.45) is 11.8. The molecule has 2 fully saturated rings. The van der Waals surface area contributed by atoms with Gasteiger partial charge in [0.05, 0.1) is 5.56 Å².